The van der Waals surface area contributed by atoms with Gasteiger partial charge in [0.15, 0.2) is 0 Å². The van der Waals surface area contributed by atoms with E-state index in [4.69, 9.17) is 5.11 Å². The van der Waals surface area contributed by atoms with Crippen molar-refractivity contribution < 1.29 is 15.0 Å². The van der Waals surface area contributed by atoms with Crippen molar-refractivity contribution in [3.8, 4) is 5.75 Å². The number of carbonyl (C=O) groups is 1. The lowest BCUT2D eigenvalue weighted by atomic mass is 10.2. The highest BCUT2D eigenvalue weighted by atomic mass is 16.4. The quantitative estimate of drug-likeness (QED) is 0.702. The molecule has 0 spiro atoms. The number of aromatic hydroxyl groups is 1. The van der Waals surface area contributed by atoms with Crippen LogP contribution >= 0.6 is 0 Å². The average molecular weight is 250 g/mol. The van der Waals surface area contributed by atoms with Crippen molar-refractivity contribution in [2.24, 2.45) is 0 Å². The van der Waals surface area contributed by atoms with E-state index in [1.165, 1.54) is 18.2 Å². The topological polar surface area (TPSA) is 112 Å². The van der Waals surface area contributed by atoms with Crippen LogP contribution in [0.4, 0.5) is 0 Å². The molecule has 1 aromatic carbocycles. The Labute approximate surface area is 99.9 Å². The van der Waals surface area contributed by atoms with Crippen LogP contribution in [0.25, 0.3) is 10.9 Å². The highest BCUT2D eigenvalue weighted by molar-refractivity contribution is 5.82. The van der Waals surface area contributed by atoms with Crippen LogP contribution in [-0.2, 0) is 11.3 Å². The summed E-state index contributed by atoms with van der Waals surface area (Å²) in [4.78, 5) is 36.4. The van der Waals surface area contributed by atoms with E-state index in [0.717, 1.165) is 4.57 Å². The molecule has 0 unspecified atom stereocenters. The van der Waals surface area contributed by atoms with Gasteiger partial charge in [-0.15, -0.1) is 0 Å². The van der Waals surface area contributed by atoms with Crippen LogP contribution in [0.3, 0.4) is 0 Å². The van der Waals surface area contributed by atoms with Crippen LogP contribution in [0.15, 0.2) is 27.8 Å². The first-order valence-electron chi connectivity index (χ1n) is 5.17. The maximum atomic E-state index is 12.0. The van der Waals surface area contributed by atoms with E-state index in [1.807, 2.05) is 0 Å². The van der Waals surface area contributed by atoms with Crippen molar-refractivity contribution >= 4 is 16.9 Å². The summed E-state index contributed by atoms with van der Waals surface area (Å²) in [6, 6.07) is 4.27. The van der Waals surface area contributed by atoms with Crippen molar-refractivity contribution in [2.75, 3.05) is 0 Å². The van der Waals surface area contributed by atoms with Gasteiger partial charge in [-0.1, -0.05) is 6.07 Å². The third kappa shape index (κ3) is 1.97. The van der Waals surface area contributed by atoms with Crippen LogP contribution in [-0.4, -0.2) is 25.7 Å². The standard InChI is InChI=1S/C11H10N2O5/c14-7-3-1-2-6-9(7)12-11(18)13(10(6)17)5-4-8(15)16/h1-3,14H,4-5H2,(H,12,18)(H,15,16). The molecular formula is C11H10N2O5. The molecule has 0 bridgehead atoms. The number of rotatable bonds is 3. The van der Waals surface area contributed by atoms with E-state index >= 15 is 0 Å². The summed E-state index contributed by atoms with van der Waals surface area (Å²) >= 11 is 0. The monoisotopic (exact) mass is 250 g/mol. The lowest BCUT2D eigenvalue weighted by Crippen LogP contribution is -2.35. The number of hydrogen-bond acceptors (Lipinski definition) is 4. The van der Waals surface area contributed by atoms with E-state index in [0.29, 0.717) is 0 Å². The number of fused-ring (bicyclic) bond motifs is 1. The van der Waals surface area contributed by atoms with Crippen molar-refractivity contribution in [2.45, 2.75) is 13.0 Å². The smallest absolute Gasteiger partial charge is 0.328 e. The molecule has 0 aliphatic carbocycles. The van der Waals surface area contributed by atoms with Crippen molar-refractivity contribution in [3.05, 3.63) is 39.0 Å². The molecular weight excluding hydrogens is 240 g/mol. The Morgan fingerprint density at radius 2 is 2.06 bits per heavy atom. The number of aromatic nitrogens is 2. The molecule has 7 nitrogen and oxygen atoms in total. The molecule has 7 heteroatoms. The van der Waals surface area contributed by atoms with Crippen LogP contribution < -0.4 is 11.2 Å². The maximum Gasteiger partial charge on any atom is 0.328 e. The number of aliphatic carboxylic acids is 1. The van der Waals surface area contributed by atoms with Gasteiger partial charge >= 0.3 is 11.7 Å². The Kier molecular flexibility index (Phi) is 2.88. The van der Waals surface area contributed by atoms with E-state index < -0.39 is 17.2 Å². The van der Waals surface area contributed by atoms with Crippen molar-refractivity contribution in [3.63, 3.8) is 0 Å². The zero-order valence-electron chi connectivity index (χ0n) is 9.21. The van der Waals surface area contributed by atoms with Gasteiger partial charge in [0, 0.05) is 6.54 Å². The summed E-state index contributed by atoms with van der Waals surface area (Å²) in [7, 11) is 0. The number of para-hydroxylation sites is 1. The summed E-state index contributed by atoms with van der Waals surface area (Å²) in [5.41, 5.74) is -1.31. The van der Waals surface area contributed by atoms with Gasteiger partial charge in [-0.25, -0.2) is 4.79 Å². The Morgan fingerprint density at radius 1 is 1.33 bits per heavy atom. The largest absolute Gasteiger partial charge is 0.506 e. The van der Waals surface area contributed by atoms with Gasteiger partial charge in [0.25, 0.3) is 5.56 Å². The Morgan fingerprint density at radius 3 is 2.72 bits per heavy atom. The first kappa shape index (κ1) is 11.9. The second-order valence-electron chi connectivity index (χ2n) is 3.73. The minimum absolute atomic E-state index is 0.0547. The number of carboxylic acids is 1. The number of aromatic amines is 1. The van der Waals surface area contributed by atoms with Gasteiger partial charge in [-0.3, -0.25) is 14.2 Å². The molecule has 0 saturated heterocycles. The molecule has 18 heavy (non-hydrogen) atoms. The fourth-order valence-electron chi connectivity index (χ4n) is 1.67. The van der Waals surface area contributed by atoms with E-state index in [2.05, 4.69) is 4.98 Å². The average Bonchev–Trinajstić information content (AvgIpc) is 2.30. The van der Waals surface area contributed by atoms with E-state index in [-0.39, 0.29) is 29.6 Å². The Bertz CT molecular complexity index is 728. The maximum absolute atomic E-state index is 12.0. The van der Waals surface area contributed by atoms with Crippen LogP contribution in [0.2, 0.25) is 0 Å². The first-order chi connectivity index (χ1) is 8.50. The fourth-order valence-corrected chi connectivity index (χ4v) is 1.67. The van der Waals surface area contributed by atoms with Crippen LogP contribution in [0.1, 0.15) is 6.42 Å². The van der Waals surface area contributed by atoms with Gasteiger partial charge in [-0.2, -0.15) is 0 Å². The second-order valence-corrected chi connectivity index (χ2v) is 3.73. The highest BCUT2D eigenvalue weighted by Crippen LogP contribution is 2.17. The third-order valence-corrected chi connectivity index (χ3v) is 2.54. The van der Waals surface area contributed by atoms with Crippen LogP contribution in [0, 0.1) is 0 Å². The number of H-pyrrole nitrogens is 1. The number of benzene rings is 1. The van der Waals surface area contributed by atoms with Gasteiger partial charge in [0.1, 0.15) is 5.75 Å². The SMILES string of the molecule is O=C(O)CCn1c(=O)[nH]c2c(O)cccc2c1=O. The van der Waals surface area contributed by atoms with Crippen molar-refractivity contribution in [1.29, 1.82) is 0 Å². The third-order valence-electron chi connectivity index (χ3n) is 2.54. The molecule has 0 radical (unpaired) electrons. The molecule has 3 N–H and O–H groups in total. The number of hydrogen-bond donors (Lipinski definition) is 3. The number of nitrogens with zero attached hydrogens (tertiary/aromatic N) is 1. The minimum Gasteiger partial charge on any atom is -0.506 e. The number of carboxylic acid groups (broad SMARTS) is 1. The molecule has 2 aromatic rings. The summed E-state index contributed by atoms with van der Waals surface area (Å²) in [6.07, 6.45) is -0.326. The summed E-state index contributed by atoms with van der Waals surface area (Å²) < 4.78 is 0.801. The summed E-state index contributed by atoms with van der Waals surface area (Å²) in [5, 5.41) is 18.2. The minimum atomic E-state index is -1.10. The predicted octanol–water partition coefficient (Wildman–Crippen LogP) is -0.130. The molecule has 1 aromatic heterocycles. The molecule has 0 aliphatic rings. The molecule has 0 fully saturated rings. The number of nitrogens with one attached hydrogen (secondary N) is 1. The van der Waals surface area contributed by atoms with E-state index in [1.54, 1.807) is 0 Å². The lowest BCUT2D eigenvalue weighted by molar-refractivity contribution is -0.137. The van der Waals surface area contributed by atoms with Crippen molar-refractivity contribution in [1.82, 2.24) is 9.55 Å². The Hall–Kier alpha value is -2.57. The normalized spacial score (nSPS) is 10.7. The van der Waals surface area contributed by atoms with E-state index in [9.17, 15) is 19.5 Å². The number of phenolic OH excluding ortho intramolecular Hbond substituents is 1. The van der Waals surface area contributed by atoms with Gasteiger partial charge in [-0.05, 0) is 12.1 Å². The fraction of sp³-hybridized carbons (Fsp3) is 0.182. The molecule has 2 rings (SSSR count). The zero-order valence-corrected chi connectivity index (χ0v) is 9.21. The summed E-state index contributed by atoms with van der Waals surface area (Å²) in [5.74, 6) is -1.30. The molecule has 1 heterocycles. The van der Waals surface area contributed by atoms with Gasteiger partial charge < -0.3 is 15.2 Å². The predicted molar refractivity (Wildman–Crippen MR) is 62.7 cm³/mol. The Balaban J connectivity index is 2.66. The first-order valence-corrected chi connectivity index (χ1v) is 5.17. The molecule has 0 saturated carbocycles. The molecule has 0 aliphatic heterocycles. The lowest BCUT2D eigenvalue weighted by Gasteiger charge is -2.05. The molecule has 0 atom stereocenters. The number of phenols is 1. The molecule has 0 amide bonds. The second kappa shape index (κ2) is 4.36. The molecule has 94 valence electrons. The highest BCUT2D eigenvalue weighted by Gasteiger charge is 2.10. The van der Waals surface area contributed by atoms with Gasteiger partial charge in [0.2, 0.25) is 0 Å². The zero-order chi connectivity index (χ0) is 13.3. The van der Waals surface area contributed by atoms with Gasteiger partial charge in [0.05, 0.1) is 17.3 Å². The summed E-state index contributed by atoms with van der Waals surface area (Å²) in [6.45, 7) is -0.213. The van der Waals surface area contributed by atoms with Crippen LogP contribution in [0.5, 0.6) is 5.75 Å².